The maximum Gasteiger partial charge on any atom is 0.335 e. The van der Waals surface area contributed by atoms with Crippen LogP contribution >= 0.6 is 0 Å². The molecule has 0 aliphatic rings. The van der Waals surface area contributed by atoms with Crippen LogP contribution in [-0.4, -0.2) is 43.2 Å². The third-order valence-corrected chi connectivity index (χ3v) is 3.36. The number of para-hydroxylation sites is 1. The van der Waals surface area contributed by atoms with Crippen molar-refractivity contribution >= 4 is 5.97 Å². The number of rotatable bonds is 7. The third-order valence-electron chi connectivity index (χ3n) is 3.36. The molecule has 0 fully saturated rings. The van der Waals surface area contributed by atoms with E-state index < -0.39 is 5.97 Å². The predicted octanol–water partition coefficient (Wildman–Crippen LogP) is 2.92. The molecule has 0 bridgehead atoms. The summed E-state index contributed by atoms with van der Waals surface area (Å²) in [5.74, 6) is -0.0226. The van der Waals surface area contributed by atoms with Gasteiger partial charge < -0.3 is 14.7 Å². The molecular formula is C18H21NO3. The van der Waals surface area contributed by atoms with Gasteiger partial charge in [0.15, 0.2) is 0 Å². The van der Waals surface area contributed by atoms with Crippen LogP contribution in [0.5, 0.6) is 5.75 Å². The van der Waals surface area contributed by atoms with Crippen LogP contribution in [0.15, 0.2) is 48.5 Å². The smallest absolute Gasteiger partial charge is 0.335 e. The Bertz CT molecular complexity index is 620. The maximum absolute atomic E-state index is 10.9. The topological polar surface area (TPSA) is 49.8 Å². The molecule has 0 unspecified atom stereocenters. The van der Waals surface area contributed by atoms with E-state index >= 15 is 0 Å². The van der Waals surface area contributed by atoms with Gasteiger partial charge in [-0.25, -0.2) is 4.79 Å². The van der Waals surface area contributed by atoms with Gasteiger partial charge in [-0.15, -0.1) is 0 Å². The standard InChI is InChI=1S/C18H21NO3/c1-19(2)11-12-22-17-6-4-3-5-16(17)13-14-7-9-15(10-8-14)18(20)21/h3-10H,11-13H2,1-2H3,(H,20,21). The lowest BCUT2D eigenvalue weighted by molar-refractivity contribution is 0.0697. The van der Waals surface area contributed by atoms with Crippen molar-refractivity contribution in [3.63, 3.8) is 0 Å². The summed E-state index contributed by atoms with van der Waals surface area (Å²) in [4.78, 5) is 13.0. The molecule has 0 aliphatic carbocycles. The fourth-order valence-corrected chi connectivity index (χ4v) is 2.11. The van der Waals surface area contributed by atoms with Gasteiger partial charge in [-0.1, -0.05) is 30.3 Å². The van der Waals surface area contributed by atoms with Crippen LogP contribution in [0.4, 0.5) is 0 Å². The minimum atomic E-state index is -0.904. The summed E-state index contributed by atoms with van der Waals surface area (Å²) in [6.45, 7) is 1.50. The second kappa shape index (κ2) is 7.61. The predicted molar refractivity (Wildman–Crippen MR) is 86.7 cm³/mol. The fraction of sp³-hybridized carbons (Fsp3) is 0.278. The molecule has 0 radical (unpaired) electrons. The summed E-state index contributed by atoms with van der Waals surface area (Å²) in [6, 6.07) is 14.9. The van der Waals surface area contributed by atoms with Crippen molar-refractivity contribution in [2.75, 3.05) is 27.2 Å². The molecule has 4 heteroatoms. The average molecular weight is 299 g/mol. The summed E-state index contributed by atoms with van der Waals surface area (Å²) in [5, 5.41) is 8.93. The lowest BCUT2D eigenvalue weighted by Crippen LogP contribution is -2.19. The number of carboxylic acid groups (broad SMARTS) is 1. The second-order valence-corrected chi connectivity index (χ2v) is 5.44. The molecule has 0 amide bonds. The average Bonchev–Trinajstić information content (AvgIpc) is 2.49. The van der Waals surface area contributed by atoms with E-state index in [2.05, 4.69) is 4.90 Å². The maximum atomic E-state index is 10.9. The molecule has 1 N–H and O–H groups in total. The van der Waals surface area contributed by atoms with E-state index in [1.807, 2.05) is 50.5 Å². The van der Waals surface area contributed by atoms with Gasteiger partial charge in [-0.05, 0) is 43.4 Å². The van der Waals surface area contributed by atoms with E-state index in [4.69, 9.17) is 9.84 Å². The normalized spacial score (nSPS) is 10.7. The number of nitrogens with zero attached hydrogens (tertiary/aromatic N) is 1. The molecule has 2 aromatic rings. The summed E-state index contributed by atoms with van der Waals surface area (Å²) in [7, 11) is 4.03. The fourth-order valence-electron chi connectivity index (χ4n) is 2.11. The molecule has 0 spiro atoms. The van der Waals surface area contributed by atoms with Gasteiger partial charge in [0.25, 0.3) is 0 Å². The van der Waals surface area contributed by atoms with Crippen LogP contribution in [-0.2, 0) is 6.42 Å². The highest BCUT2D eigenvalue weighted by Gasteiger charge is 2.06. The molecule has 0 saturated carbocycles. The van der Waals surface area contributed by atoms with E-state index in [0.717, 1.165) is 29.8 Å². The molecule has 2 aromatic carbocycles. The number of benzene rings is 2. The van der Waals surface area contributed by atoms with Crippen molar-refractivity contribution in [3.8, 4) is 5.75 Å². The van der Waals surface area contributed by atoms with Crippen LogP contribution in [0.1, 0.15) is 21.5 Å². The molecule has 4 nitrogen and oxygen atoms in total. The third kappa shape index (κ3) is 4.60. The molecule has 0 saturated heterocycles. The van der Waals surface area contributed by atoms with Gasteiger partial charge in [0.05, 0.1) is 5.56 Å². The van der Waals surface area contributed by atoms with Crippen LogP contribution in [0.25, 0.3) is 0 Å². The van der Waals surface area contributed by atoms with Gasteiger partial charge in [-0.3, -0.25) is 0 Å². The van der Waals surface area contributed by atoms with Crippen molar-refractivity contribution in [3.05, 3.63) is 65.2 Å². The minimum absolute atomic E-state index is 0.305. The zero-order chi connectivity index (χ0) is 15.9. The van der Waals surface area contributed by atoms with Gasteiger partial charge in [-0.2, -0.15) is 0 Å². The summed E-state index contributed by atoms with van der Waals surface area (Å²) in [5.41, 5.74) is 2.47. The Morgan fingerprint density at radius 2 is 1.77 bits per heavy atom. The Morgan fingerprint density at radius 1 is 1.09 bits per heavy atom. The highest BCUT2D eigenvalue weighted by Crippen LogP contribution is 2.21. The Kier molecular flexibility index (Phi) is 5.55. The van der Waals surface area contributed by atoms with Crippen LogP contribution in [0, 0.1) is 0 Å². The number of aromatic carboxylic acids is 1. The quantitative estimate of drug-likeness (QED) is 0.854. The molecule has 0 heterocycles. The van der Waals surface area contributed by atoms with E-state index in [0.29, 0.717) is 12.2 Å². The molecule has 0 aliphatic heterocycles. The number of hydrogen-bond acceptors (Lipinski definition) is 3. The van der Waals surface area contributed by atoms with Crippen LogP contribution in [0.3, 0.4) is 0 Å². The lowest BCUT2D eigenvalue weighted by Gasteiger charge is -2.14. The molecule has 22 heavy (non-hydrogen) atoms. The Hall–Kier alpha value is -2.33. The first-order valence-corrected chi connectivity index (χ1v) is 7.24. The number of ether oxygens (including phenoxy) is 1. The largest absolute Gasteiger partial charge is 0.492 e. The Labute approximate surface area is 131 Å². The van der Waals surface area contributed by atoms with Crippen molar-refractivity contribution in [2.24, 2.45) is 0 Å². The SMILES string of the molecule is CN(C)CCOc1ccccc1Cc1ccc(C(=O)O)cc1. The summed E-state index contributed by atoms with van der Waals surface area (Å²) >= 11 is 0. The molecule has 0 aromatic heterocycles. The Balaban J connectivity index is 2.07. The lowest BCUT2D eigenvalue weighted by atomic mass is 10.0. The van der Waals surface area contributed by atoms with E-state index in [1.54, 1.807) is 12.1 Å². The van der Waals surface area contributed by atoms with E-state index in [9.17, 15) is 4.79 Å². The van der Waals surface area contributed by atoms with E-state index in [1.165, 1.54) is 0 Å². The first-order valence-electron chi connectivity index (χ1n) is 7.24. The number of likely N-dealkylation sites (N-methyl/N-ethyl adjacent to an activating group) is 1. The van der Waals surface area contributed by atoms with Gasteiger partial charge in [0.1, 0.15) is 12.4 Å². The molecule has 2 rings (SSSR count). The van der Waals surface area contributed by atoms with Gasteiger partial charge in [0.2, 0.25) is 0 Å². The number of carbonyl (C=O) groups is 1. The highest BCUT2D eigenvalue weighted by atomic mass is 16.5. The number of carboxylic acids is 1. The van der Waals surface area contributed by atoms with Crippen molar-refractivity contribution in [2.45, 2.75) is 6.42 Å². The summed E-state index contributed by atoms with van der Waals surface area (Å²) < 4.78 is 5.85. The van der Waals surface area contributed by atoms with Gasteiger partial charge in [0, 0.05) is 13.0 Å². The first-order chi connectivity index (χ1) is 10.6. The monoisotopic (exact) mass is 299 g/mol. The number of hydrogen-bond donors (Lipinski definition) is 1. The molecule has 116 valence electrons. The van der Waals surface area contributed by atoms with Gasteiger partial charge >= 0.3 is 5.97 Å². The molecular weight excluding hydrogens is 278 g/mol. The van der Waals surface area contributed by atoms with Crippen molar-refractivity contribution in [1.82, 2.24) is 4.90 Å². The minimum Gasteiger partial charge on any atom is -0.492 e. The second-order valence-electron chi connectivity index (χ2n) is 5.44. The first kappa shape index (κ1) is 16.0. The van der Waals surface area contributed by atoms with Crippen LogP contribution in [0.2, 0.25) is 0 Å². The highest BCUT2D eigenvalue weighted by molar-refractivity contribution is 5.87. The van der Waals surface area contributed by atoms with Crippen LogP contribution < -0.4 is 4.74 Å². The van der Waals surface area contributed by atoms with E-state index in [-0.39, 0.29) is 0 Å². The Morgan fingerprint density at radius 3 is 2.41 bits per heavy atom. The molecule has 0 atom stereocenters. The van der Waals surface area contributed by atoms with Crippen molar-refractivity contribution < 1.29 is 14.6 Å². The zero-order valence-corrected chi connectivity index (χ0v) is 13.0. The summed E-state index contributed by atoms with van der Waals surface area (Å²) in [6.07, 6.45) is 0.720. The zero-order valence-electron chi connectivity index (χ0n) is 13.0. The van der Waals surface area contributed by atoms with Crippen molar-refractivity contribution in [1.29, 1.82) is 0 Å².